The van der Waals surface area contributed by atoms with Gasteiger partial charge in [0.1, 0.15) is 0 Å². The summed E-state index contributed by atoms with van der Waals surface area (Å²) in [7, 11) is 0. The maximum atomic E-state index is 12.4. The third-order valence-electron chi connectivity index (χ3n) is 4.19. The van der Waals surface area contributed by atoms with Crippen molar-refractivity contribution >= 4 is 16.8 Å². The number of rotatable bonds is 2. The second-order valence-electron chi connectivity index (χ2n) is 5.94. The average molecular weight is 303 g/mol. The molecule has 0 N–H and O–H groups in total. The van der Waals surface area contributed by atoms with Gasteiger partial charge in [0.05, 0.1) is 17.6 Å². The van der Waals surface area contributed by atoms with Gasteiger partial charge in [-0.2, -0.15) is 0 Å². The van der Waals surface area contributed by atoms with Crippen molar-refractivity contribution in [2.45, 2.75) is 20.4 Å². The largest absolute Gasteiger partial charge is 0.311 e. The van der Waals surface area contributed by atoms with Crippen molar-refractivity contribution in [1.29, 1.82) is 0 Å². The summed E-state index contributed by atoms with van der Waals surface area (Å²) in [4.78, 5) is 17.1. The van der Waals surface area contributed by atoms with Crippen LogP contribution in [0.4, 0.5) is 0 Å². The molecule has 0 atom stereocenters. The number of hydrogen-bond acceptors (Lipinski definition) is 2. The number of fused-ring (bicyclic) bond motifs is 3. The third-order valence-corrected chi connectivity index (χ3v) is 4.19. The second-order valence-corrected chi connectivity index (χ2v) is 5.94. The van der Waals surface area contributed by atoms with E-state index in [1.165, 1.54) is 11.1 Å². The van der Waals surface area contributed by atoms with Gasteiger partial charge in [-0.3, -0.25) is 4.79 Å². The lowest BCUT2D eigenvalue weighted by atomic mass is 10.1. The fraction of sp³-hybridized carbons (Fsp3) is 0.158. The number of aromatic nitrogens is 3. The Morgan fingerprint density at radius 2 is 1.83 bits per heavy atom. The van der Waals surface area contributed by atoms with E-state index < -0.39 is 0 Å². The molecule has 0 unspecified atom stereocenters. The van der Waals surface area contributed by atoms with Crippen LogP contribution in [0.1, 0.15) is 16.8 Å². The highest BCUT2D eigenvalue weighted by Crippen LogP contribution is 2.17. The van der Waals surface area contributed by atoms with Crippen molar-refractivity contribution in [2.75, 3.05) is 0 Å². The quantitative estimate of drug-likeness (QED) is 0.570. The van der Waals surface area contributed by atoms with Crippen LogP contribution in [0, 0.1) is 13.8 Å². The Balaban J connectivity index is 2.00. The minimum absolute atomic E-state index is 0.0355. The summed E-state index contributed by atoms with van der Waals surface area (Å²) in [6.45, 7) is 4.73. The van der Waals surface area contributed by atoms with Gasteiger partial charge in [-0.15, -0.1) is 0 Å². The first kappa shape index (κ1) is 13.8. The van der Waals surface area contributed by atoms with Crippen LogP contribution < -0.4 is 5.56 Å². The predicted molar refractivity (Wildman–Crippen MR) is 92.0 cm³/mol. The number of nitrogens with zero attached hydrogens (tertiary/aromatic N) is 3. The molecule has 0 spiro atoms. The lowest BCUT2D eigenvalue weighted by Crippen LogP contribution is -2.19. The van der Waals surface area contributed by atoms with Crippen LogP contribution in [0.5, 0.6) is 0 Å². The standard InChI is InChI=1S/C19H17N3O/c1-13-6-5-7-15(10-13)12-21-14(2)11-18(23)22-17-9-4-3-8-16(17)20-19(21)22/h3-11H,12H2,1-2H3. The van der Waals surface area contributed by atoms with Gasteiger partial charge < -0.3 is 4.57 Å². The first-order valence-corrected chi connectivity index (χ1v) is 7.67. The number of benzene rings is 2. The first-order valence-electron chi connectivity index (χ1n) is 7.67. The normalized spacial score (nSPS) is 11.4. The predicted octanol–water partition coefficient (Wildman–Crippen LogP) is 3.31. The SMILES string of the molecule is Cc1cccc(Cn2c(C)cc(=O)n3c4ccccc4nc23)c1. The zero-order chi connectivity index (χ0) is 16.0. The summed E-state index contributed by atoms with van der Waals surface area (Å²) < 4.78 is 3.79. The van der Waals surface area contributed by atoms with Crippen LogP contribution >= 0.6 is 0 Å². The molecule has 2 heterocycles. The third kappa shape index (κ3) is 2.23. The van der Waals surface area contributed by atoms with E-state index in [1.807, 2.05) is 31.2 Å². The smallest absolute Gasteiger partial charge is 0.259 e. The zero-order valence-corrected chi connectivity index (χ0v) is 13.2. The lowest BCUT2D eigenvalue weighted by molar-refractivity contribution is 0.751. The summed E-state index contributed by atoms with van der Waals surface area (Å²) in [6.07, 6.45) is 0. The van der Waals surface area contributed by atoms with Crippen LogP contribution in [0.15, 0.2) is 59.4 Å². The van der Waals surface area contributed by atoms with Crippen LogP contribution in [-0.2, 0) is 6.54 Å². The molecule has 0 saturated carbocycles. The van der Waals surface area contributed by atoms with Crippen molar-refractivity contribution in [2.24, 2.45) is 0 Å². The van der Waals surface area contributed by atoms with Gasteiger partial charge in [0.25, 0.3) is 5.56 Å². The van der Waals surface area contributed by atoms with Crippen molar-refractivity contribution in [3.05, 3.63) is 81.8 Å². The molecule has 0 aliphatic heterocycles. The molecule has 114 valence electrons. The number of aryl methyl sites for hydroxylation is 2. The van der Waals surface area contributed by atoms with E-state index >= 15 is 0 Å². The van der Waals surface area contributed by atoms with Crippen LogP contribution in [-0.4, -0.2) is 14.0 Å². The highest BCUT2D eigenvalue weighted by molar-refractivity contribution is 5.79. The molecule has 0 fully saturated rings. The average Bonchev–Trinajstić information content (AvgIpc) is 2.91. The van der Waals surface area contributed by atoms with E-state index in [1.54, 1.807) is 10.5 Å². The zero-order valence-electron chi connectivity index (χ0n) is 13.2. The van der Waals surface area contributed by atoms with Crippen LogP contribution in [0.3, 0.4) is 0 Å². The summed E-state index contributed by atoms with van der Waals surface area (Å²) in [5.74, 6) is 0.692. The molecule has 0 radical (unpaired) electrons. The molecule has 2 aromatic heterocycles. The van der Waals surface area contributed by atoms with Gasteiger partial charge in [0, 0.05) is 11.8 Å². The Morgan fingerprint density at radius 3 is 2.65 bits per heavy atom. The van der Waals surface area contributed by atoms with Gasteiger partial charge in [-0.1, -0.05) is 42.0 Å². The topological polar surface area (TPSA) is 39.3 Å². The van der Waals surface area contributed by atoms with E-state index in [4.69, 9.17) is 0 Å². The van der Waals surface area contributed by atoms with Gasteiger partial charge in [-0.05, 0) is 31.5 Å². The lowest BCUT2D eigenvalue weighted by Gasteiger charge is -2.12. The molecule has 0 aliphatic carbocycles. The minimum Gasteiger partial charge on any atom is -0.311 e. The Hall–Kier alpha value is -2.88. The van der Waals surface area contributed by atoms with Crippen molar-refractivity contribution in [3.8, 4) is 0 Å². The fourth-order valence-electron chi connectivity index (χ4n) is 3.08. The van der Waals surface area contributed by atoms with E-state index in [9.17, 15) is 4.79 Å². The summed E-state index contributed by atoms with van der Waals surface area (Å²) in [6, 6.07) is 17.8. The molecule has 23 heavy (non-hydrogen) atoms. The monoisotopic (exact) mass is 303 g/mol. The molecule has 4 nitrogen and oxygen atoms in total. The van der Waals surface area contributed by atoms with Crippen LogP contribution in [0.25, 0.3) is 16.8 Å². The summed E-state index contributed by atoms with van der Waals surface area (Å²) >= 11 is 0. The number of para-hydroxylation sites is 2. The van der Waals surface area contributed by atoms with E-state index in [0.29, 0.717) is 12.3 Å². The highest BCUT2D eigenvalue weighted by Gasteiger charge is 2.12. The van der Waals surface area contributed by atoms with Gasteiger partial charge in [0.15, 0.2) is 0 Å². The van der Waals surface area contributed by atoms with Crippen LogP contribution in [0.2, 0.25) is 0 Å². The number of imidazole rings is 1. The molecular weight excluding hydrogens is 286 g/mol. The Labute approximate surface area is 133 Å². The fourth-order valence-corrected chi connectivity index (χ4v) is 3.08. The molecule has 0 aliphatic rings. The van der Waals surface area contributed by atoms with Gasteiger partial charge >= 0.3 is 0 Å². The second kappa shape index (κ2) is 5.09. The molecule has 4 heteroatoms. The van der Waals surface area contributed by atoms with E-state index in [2.05, 4.69) is 40.7 Å². The molecule has 0 saturated heterocycles. The Morgan fingerprint density at radius 1 is 1.00 bits per heavy atom. The van der Waals surface area contributed by atoms with Crippen molar-refractivity contribution in [1.82, 2.24) is 14.0 Å². The molecular formula is C19H17N3O. The molecule has 4 rings (SSSR count). The molecule has 0 bridgehead atoms. The minimum atomic E-state index is -0.0355. The van der Waals surface area contributed by atoms with E-state index in [0.717, 1.165) is 16.7 Å². The summed E-state index contributed by atoms with van der Waals surface area (Å²) in [5, 5.41) is 0. The van der Waals surface area contributed by atoms with Crippen molar-refractivity contribution < 1.29 is 0 Å². The van der Waals surface area contributed by atoms with Gasteiger partial charge in [-0.25, -0.2) is 9.38 Å². The molecule has 2 aromatic carbocycles. The maximum Gasteiger partial charge on any atom is 0.259 e. The maximum absolute atomic E-state index is 12.4. The Bertz CT molecular complexity index is 1090. The first-order chi connectivity index (χ1) is 11.1. The van der Waals surface area contributed by atoms with Crippen molar-refractivity contribution in [3.63, 3.8) is 0 Å². The van der Waals surface area contributed by atoms with Gasteiger partial charge in [0.2, 0.25) is 5.78 Å². The highest BCUT2D eigenvalue weighted by atomic mass is 16.1. The Kier molecular flexibility index (Phi) is 3.05. The summed E-state index contributed by atoms with van der Waals surface area (Å²) in [5.41, 5.74) is 5.00. The van der Waals surface area contributed by atoms with E-state index in [-0.39, 0.29) is 5.56 Å². The molecule has 0 amide bonds. The molecule has 4 aromatic rings. The number of hydrogen-bond donors (Lipinski definition) is 0.